The van der Waals surface area contributed by atoms with E-state index in [9.17, 15) is 35.7 Å². The van der Waals surface area contributed by atoms with Crippen molar-refractivity contribution in [2.45, 2.75) is 127 Å². The van der Waals surface area contributed by atoms with E-state index >= 15 is 0 Å². The number of rotatable bonds is 5. The zero-order valence-corrected chi connectivity index (χ0v) is 21.4. The monoisotopic (exact) mass is 482 g/mol. The lowest BCUT2D eigenvalue weighted by Gasteiger charge is -2.62. The Morgan fingerprint density at radius 3 is 2.29 bits per heavy atom. The summed E-state index contributed by atoms with van der Waals surface area (Å²) in [5.74, 6) is -0.563. The zero-order valence-electron chi connectivity index (χ0n) is 21.4. The largest absolute Gasteiger partial charge is 0.390 e. The van der Waals surface area contributed by atoms with Gasteiger partial charge in [0.05, 0.1) is 41.2 Å². The van der Waals surface area contributed by atoms with E-state index in [-0.39, 0.29) is 24.2 Å². The first-order valence-electron chi connectivity index (χ1n) is 13.1. The van der Waals surface area contributed by atoms with Gasteiger partial charge in [0.15, 0.2) is 0 Å². The number of aliphatic hydroxyl groups is 7. The van der Waals surface area contributed by atoms with E-state index in [1.807, 2.05) is 6.92 Å². The molecule has 7 nitrogen and oxygen atoms in total. The molecule has 11 atom stereocenters. The molecule has 7 heteroatoms. The highest BCUT2D eigenvalue weighted by atomic mass is 16.3. The molecule has 0 aromatic carbocycles. The summed E-state index contributed by atoms with van der Waals surface area (Å²) in [6.45, 7) is 9.08. The van der Waals surface area contributed by atoms with Crippen LogP contribution in [0.1, 0.15) is 86.0 Å². The summed E-state index contributed by atoms with van der Waals surface area (Å²) in [6, 6.07) is 0. The van der Waals surface area contributed by atoms with E-state index < -0.39 is 52.0 Å². The zero-order chi connectivity index (χ0) is 25.5. The molecule has 0 amide bonds. The summed E-state index contributed by atoms with van der Waals surface area (Å²) in [4.78, 5) is 0. The molecule has 0 aromatic rings. The fourth-order valence-electron chi connectivity index (χ4n) is 8.53. The lowest BCUT2D eigenvalue weighted by molar-refractivity contribution is -0.181. The molecule has 0 spiro atoms. The Labute approximate surface area is 203 Å². The Bertz CT molecular complexity index is 818. The summed E-state index contributed by atoms with van der Waals surface area (Å²) in [5.41, 5.74) is -3.93. The van der Waals surface area contributed by atoms with Crippen LogP contribution in [0.25, 0.3) is 0 Å². The van der Waals surface area contributed by atoms with E-state index in [0.717, 1.165) is 12.0 Å². The fraction of sp³-hybridized carbons (Fsp3) is 0.926. The topological polar surface area (TPSA) is 142 Å². The van der Waals surface area contributed by atoms with Gasteiger partial charge in [0.1, 0.15) is 0 Å². The Morgan fingerprint density at radius 2 is 1.68 bits per heavy atom. The van der Waals surface area contributed by atoms with Crippen molar-refractivity contribution in [2.75, 3.05) is 0 Å². The predicted molar refractivity (Wildman–Crippen MR) is 128 cm³/mol. The van der Waals surface area contributed by atoms with Crippen molar-refractivity contribution in [3.63, 3.8) is 0 Å². The summed E-state index contributed by atoms with van der Waals surface area (Å²) >= 11 is 0. The summed E-state index contributed by atoms with van der Waals surface area (Å²) in [7, 11) is 0. The van der Waals surface area contributed by atoms with Crippen LogP contribution >= 0.6 is 0 Å². The smallest absolute Gasteiger partial charge is 0.0917 e. The van der Waals surface area contributed by atoms with Crippen LogP contribution in [0.15, 0.2) is 11.6 Å². The van der Waals surface area contributed by atoms with Gasteiger partial charge >= 0.3 is 0 Å². The number of hydrogen-bond acceptors (Lipinski definition) is 7. The molecule has 7 N–H and O–H groups in total. The van der Waals surface area contributed by atoms with Gasteiger partial charge < -0.3 is 35.7 Å². The maximum absolute atomic E-state index is 12.3. The van der Waals surface area contributed by atoms with Crippen molar-refractivity contribution in [1.82, 2.24) is 0 Å². The van der Waals surface area contributed by atoms with Crippen LogP contribution < -0.4 is 0 Å². The van der Waals surface area contributed by atoms with Crippen LogP contribution in [-0.4, -0.2) is 77.0 Å². The molecule has 4 rings (SSSR count). The third-order valence-corrected chi connectivity index (χ3v) is 10.7. The summed E-state index contributed by atoms with van der Waals surface area (Å²) < 4.78 is 0. The third kappa shape index (κ3) is 3.82. The van der Waals surface area contributed by atoms with Gasteiger partial charge in [-0.15, -0.1) is 0 Å². The summed E-state index contributed by atoms with van der Waals surface area (Å²) in [6.07, 6.45) is 1.94. The molecule has 4 aliphatic carbocycles. The van der Waals surface area contributed by atoms with Gasteiger partial charge in [0.25, 0.3) is 0 Å². The average molecular weight is 483 g/mol. The normalized spacial score (nSPS) is 49.4. The van der Waals surface area contributed by atoms with E-state index in [1.165, 1.54) is 0 Å². The minimum absolute atomic E-state index is 0.0232. The highest BCUT2D eigenvalue weighted by Gasteiger charge is 2.69. The highest BCUT2D eigenvalue weighted by molar-refractivity contribution is 5.37. The molecule has 0 aliphatic heterocycles. The van der Waals surface area contributed by atoms with Crippen LogP contribution in [0.3, 0.4) is 0 Å². The van der Waals surface area contributed by atoms with Gasteiger partial charge in [-0.25, -0.2) is 0 Å². The van der Waals surface area contributed by atoms with Gasteiger partial charge in [0.2, 0.25) is 0 Å². The molecule has 3 saturated carbocycles. The maximum Gasteiger partial charge on any atom is 0.0917 e. The van der Waals surface area contributed by atoms with Crippen LogP contribution in [0.4, 0.5) is 0 Å². The second kappa shape index (κ2) is 8.23. The lowest BCUT2D eigenvalue weighted by atomic mass is 9.45. The first-order chi connectivity index (χ1) is 15.5. The second-order valence-electron chi connectivity index (χ2n) is 13.4. The maximum atomic E-state index is 12.3. The average Bonchev–Trinajstić information content (AvgIpc) is 3.00. The van der Waals surface area contributed by atoms with Crippen molar-refractivity contribution in [1.29, 1.82) is 0 Å². The number of hydrogen-bond donors (Lipinski definition) is 7. The van der Waals surface area contributed by atoms with E-state index in [2.05, 4.69) is 6.92 Å². The predicted octanol–water partition coefficient (Wildman–Crippen LogP) is 1.65. The molecule has 0 radical (unpaired) electrons. The van der Waals surface area contributed by atoms with Gasteiger partial charge in [0, 0.05) is 5.41 Å². The van der Waals surface area contributed by atoms with Crippen molar-refractivity contribution in [3.05, 3.63) is 11.6 Å². The van der Waals surface area contributed by atoms with Gasteiger partial charge in [-0.1, -0.05) is 19.9 Å². The molecule has 0 aromatic heterocycles. The molecule has 0 saturated heterocycles. The van der Waals surface area contributed by atoms with Crippen molar-refractivity contribution in [3.8, 4) is 0 Å². The Morgan fingerprint density at radius 1 is 1.03 bits per heavy atom. The lowest BCUT2D eigenvalue weighted by Crippen LogP contribution is -2.63. The Hall–Kier alpha value is -0.540. The number of fused-ring (bicyclic) bond motifs is 5. The van der Waals surface area contributed by atoms with E-state index in [1.54, 1.807) is 26.8 Å². The molecule has 2 unspecified atom stereocenters. The Kier molecular flexibility index (Phi) is 6.42. The van der Waals surface area contributed by atoms with E-state index in [0.29, 0.717) is 38.5 Å². The molecule has 34 heavy (non-hydrogen) atoms. The van der Waals surface area contributed by atoms with E-state index in [4.69, 9.17) is 0 Å². The number of aliphatic hydroxyl groups excluding tert-OH is 4. The summed E-state index contributed by atoms with van der Waals surface area (Å²) in [5, 5.41) is 76.7. The van der Waals surface area contributed by atoms with Crippen molar-refractivity contribution in [2.24, 2.45) is 28.6 Å². The van der Waals surface area contributed by atoms with Crippen LogP contribution in [-0.2, 0) is 0 Å². The molecule has 3 fully saturated rings. The van der Waals surface area contributed by atoms with Crippen LogP contribution in [0.5, 0.6) is 0 Å². The highest BCUT2D eigenvalue weighted by Crippen LogP contribution is 2.69. The van der Waals surface area contributed by atoms with Crippen molar-refractivity contribution < 1.29 is 35.7 Å². The van der Waals surface area contributed by atoms with Gasteiger partial charge in [-0.3, -0.25) is 0 Å². The molecular formula is C27H46O7. The first-order valence-corrected chi connectivity index (χ1v) is 13.1. The molecule has 196 valence electrons. The van der Waals surface area contributed by atoms with Crippen molar-refractivity contribution >= 4 is 0 Å². The second-order valence-corrected chi connectivity index (χ2v) is 13.4. The molecular weight excluding hydrogens is 436 g/mol. The van der Waals surface area contributed by atoms with Gasteiger partial charge in [-0.05, 0) is 101 Å². The molecule has 0 bridgehead atoms. The molecule has 0 heterocycles. The minimum Gasteiger partial charge on any atom is -0.390 e. The quantitative estimate of drug-likeness (QED) is 0.295. The molecule has 4 aliphatic rings. The Balaban J connectivity index is 1.66. The standard InChI is InChI=1S/C27H46O7/c1-23(2,32)9-8-22(31)26(5,33)21-7-11-27(34)16-12-18(28)17-13-19(29)20(30)14-24(17,3)15(16)6-10-25(21,27)4/h12,15,17-22,28-34H,6-11,13-14H2,1-5H3/t15?,17-,18+,19+,20-,21?,22+,24+,25+,26-,27+/m0/s1. The minimum atomic E-state index is -1.44. The fourth-order valence-corrected chi connectivity index (χ4v) is 8.53. The first kappa shape index (κ1) is 26.5. The SMILES string of the molecule is CC(C)(O)CC[C@@H](O)[C@@](C)(O)C1CC[C@@]2(O)C3=C[C@@H](O)[C@@H]4C[C@@H](O)[C@@H](O)C[C@]4(C)C3CC[C@]12C. The van der Waals surface area contributed by atoms with Crippen LogP contribution in [0, 0.1) is 28.6 Å². The third-order valence-electron chi connectivity index (χ3n) is 10.7. The van der Waals surface area contributed by atoms with Crippen LogP contribution in [0.2, 0.25) is 0 Å². The van der Waals surface area contributed by atoms with Gasteiger partial charge in [-0.2, -0.15) is 0 Å².